The van der Waals surface area contributed by atoms with E-state index in [1.807, 2.05) is 19.9 Å². The predicted molar refractivity (Wildman–Crippen MR) is 92.5 cm³/mol. The standard InChI is InChI=1S/C17H27N3O3S/c1-13-11-14(2)19-17(18-13)23-15-7-6-10-20(12-15)24(21,22)16-8-4-3-5-9-16/h11,15-16H,3-10,12H2,1-2H3/t15-/m0/s1. The number of ether oxygens (including phenoxy) is 1. The van der Waals surface area contributed by atoms with E-state index < -0.39 is 10.0 Å². The van der Waals surface area contributed by atoms with E-state index in [2.05, 4.69) is 9.97 Å². The molecule has 3 rings (SSSR count). The molecule has 0 aromatic carbocycles. The van der Waals surface area contributed by atoms with Crippen LogP contribution in [0.15, 0.2) is 6.07 Å². The zero-order valence-corrected chi connectivity index (χ0v) is 15.4. The normalized spacial score (nSPS) is 24.0. The van der Waals surface area contributed by atoms with Crippen LogP contribution in [0.1, 0.15) is 56.3 Å². The molecule has 0 radical (unpaired) electrons. The van der Waals surface area contributed by atoms with Crippen molar-refractivity contribution >= 4 is 10.0 Å². The van der Waals surface area contributed by atoms with Crippen molar-refractivity contribution in [2.45, 2.75) is 70.1 Å². The van der Waals surface area contributed by atoms with Gasteiger partial charge in [-0.05, 0) is 45.6 Å². The molecule has 6 nitrogen and oxygen atoms in total. The maximum Gasteiger partial charge on any atom is 0.317 e. The molecule has 1 aromatic rings. The van der Waals surface area contributed by atoms with Gasteiger partial charge in [-0.3, -0.25) is 0 Å². The molecule has 2 fully saturated rings. The minimum Gasteiger partial charge on any atom is -0.459 e. The van der Waals surface area contributed by atoms with E-state index in [0.29, 0.717) is 19.1 Å². The predicted octanol–water partition coefficient (Wildman–Crippen LogP) is 2.60. The third kappa shape index (κ3) is 4.06. The summed E-state index contributed by atoms with van der Waals surface area (Å²) in [6.07, 6.45) is 6.28. The van der Waals surface area contributed by atoms with Crippen LogP contribution in [0.2, 0.25) is 0 Å². The van der Waals surface area contributed by atoms with Gasteiger partial charge in [-0.25, -0.2) is 18.4 Å². The van der Waals surface area contributed by atoms with E-state index in [-0.39, 0.29) is 11.4 Å². The molecule has 1 aliphatic heterocycles. The van der Waals surface area contributed by atoms with E-state index in [1.54, 1.807) is 4.31 Å². The molecule has 0 spiro atoms. The average Bonchev–Trinajstić information content (AvgIpc) is 2.55. The van der Waals surface area contributed by atoms with Crippen LogP contribution in [0.25, 0.3) is 0 Å². The molecule has 1 saturated heterocycles. The van der Waals surface area contributed by atoms with Gasteiger partial charge in [-0.15, -0.1) is 0 Å². The first-order valence-corrected chi connectivity index (χ1v) is 10.4. The Labute approximate surface area is 144 Å². The fourth-order valence-corrected chi connectivity index (χ4v) is 5.81. The molecule has 1 aliphatic carbocycles. The lowest BCUT2D eigenvalue weighted by Gasteiger charge is -2.35. The van der Waals surface area contributed by atoms with Gasteiger partial charge in [-0.1, -0.05) is 19.3 Å². The SMILES string of the molecule is Cc1cc(C)nc(O[C@H]2CCCN(S(=O)(=O)C3CCCCC3)C2)n1. The monoisotopic (exact) mass is 353 g/mol. The molecule has 1 aromatic heterocycles. The summed E-state index contributed by atoms with van der Waals surface area (Å²) in [5, 5.41) is -0.206. The van der Waals surface area contributed by atoms with E-state index in [4.69, 9.17) is 4.74 Å². The molecule has 24 heavy (non-hydrogen) atoms. The number of aryl methyl sites for hydroxylation is 2. The van der Waals surface area contributed by atoms with Crippen LogP contribution in [0, 0.1) is 13.8 Å². The van der Waals surface area contributed by atoms with E-state index in [1.165, 1.54) is 0 Å². The van der Waals surface area contributed by atoms with Crippen LogP contribution >= 0.6 is 0 Å². The number of aromatic nitrogens is 2. The van der Waals surface area contributed by atoms with Crippen LogP contribution in [0.5, 0.6) is 6.01 Å². The van der Waals surface area contributed by atoms with Crippen LogP contribution < -0.4 is 4.74 Å². The van der Waals surface area contributed by atoms with Crippen LogP contribution in [0.4, 0.5) is 0 Å². The first-order chi connectivity index (χ1) is 11.4. The lowest BCUT2D eigenvalue weighted by atomic mass is 10.0. The molecule has 2 heterocycles. The minimum absolute atomic E-state index is 0.168. The number of rotatable bonds is 4. The molecular weight excluding hydrogens is 326 g/mol. The number of nitrogens with zero attached hydrogens (tertiary/aromatic N) is 3. The second kappa shape index (κ2) is 7.35. The Morgan fingerprint density at radius 3 is 2.38 bits per heavy atom. The zero-order chi connectivity index (χ0) is 17.2. The molecule has 1 atom stereocenters. The summed E-state index contributed by atoms with van der Waals surface area (Å²) < 4.78 is 33.3. The maximum atomic E-state index is 12.9. The molecule has 0 N–H and O–H groups in total. The second-order valence-corrected chi connectivity index (χ2v) is 9.19. The zero-order valence-electron chi connectivity index (χ0n) is 14.6. The van der Waals surface area contributed by atoms with Gasteiger partial charge in [0.05, 0.1) is 11.8 Å². The molecule has 134 valence electrons. The summed E-state index contributed by atoms with van der Waals surface area (Å²) in [4.78, 5) is 8.61. The highest BCUT2D eigenvalue weighted by molar-refractivity contribution is 7.89. The number of hydrogen-bond donors (Lipinski definition) is 0. The van der Waals surface area contributed by atoms with Gasteiger partial charge in [0.15, 0.2) is 0 Å². The third-order valence-corrected chi connectivity index (χ3v) is 7.27. The van der Waals surface area contributed by atoms with Crippen molar-refractivity contribution in [2.75, 3.05) is 13.1 Å². The molecule has 2 aliphatic rings. The molecule has 0 unspecified atom stereocenters. The van der Waals surface area contributed by atoms with Crippen LogP contribution in [0.3, 0.4) is 0 Å². The molecule has 0 bridgehead atoms. The highest BCUT2D eigenvalue weighted by atomic mass is 32.2. The van der Waals surface area contributed by atoms with Gasteiger partial charge in [0, 0.05) is 17.9 Å². The Hall–Kier alpha value is -1.21. The summed E-state index contributed by atoms with van der Waals surface area (Å²) >= 11 is 0. The van der Waals surface area contributed by atoms with Gasteiger partial charge >= 0.3 is 6.01 Å². The number of piperidine rings is 1. The van der Waals surface area contributed by atoms with Gasteiger partial charge in [0.2, 0.25) is 10.0 Å². The van der Waals surface area contributed by atoms with E-state index >= 15 is 0 Å². The topological polar surface area (TPSA) is 72.4 Å². The second-order valence-electron chi connectivity index (χ2n) is 6.98. The fraction of sp³-hybridized carbons (Fsp3) is 0.765. The number of hydrogen-bond acceptors (Lipinski definition) is 5. The Kier molecular flexibility index (Phi) is 5.39. The highest BCUT2D eigenvalue weighted by Gasteiger charge is 2.36. The molecule has 1 saturated carbocycles. The van der Waals surface area contributed by atoms with Crippen LogP contribution in [-0.4, -0.2) is 47.1 Å². The molecule has 7 heteroatoms. The Bertz CT molecular complexity index is 651. The first kappa shape index (κ1) is 17.6. The number of sulfonamides is 1. The Morgan fingerprint density at radius 2 is 1.71 bits per heavy atom. The minimum atomic E-state index is -3.21. The van der Waals surface area contributed by atoms with Crippen molar-refractivity contribution in [3.05, 3.63) is 17.5 Å². The van der Waals surface area contributed by atoms with Crippen molar-refractivity contribution in [2.24, 2.45) is 0 Å². The Morgan fingerprint density at radius 1 is 1.04 bits per heavy atom. The van der Waals surface area contributed by atoms with Crippen molar-refractivity contribution in [1.29, 1.82) is 0 Å². The van der Waals surface area contributed by atoms with Gasteiger partial charge in [-0.2, -0.15) is 4.31 Å². The van der Waals surface area contributed by atoms with Crippen molar-refractivity contribution in [3.8, 4) is 6.01 Å². The lowest BCUT2D eigenvalue weighted by molar-refractivity contribution is 0.118. The smallest absolute Gasteiger partial charge is 0.317 e. The van der Waals surface area contributed by atoms with Crippen LogP contribution in [-0.2, 0) is 10.0 Å². The molecule has 0 amide bonds. The maximum absolute atomic E-state index is 12.9. The van der Waals surface area contributed by atoms with Gasteiger partial charge in [0.1, 0.15) is 6.10 Å². The van der Waals surface area contributed by atoms with Crippen molar-refractivity contribution in [3.63, 3.8) is 0 Å². The lowest BCUT2D eigenvalue weighted by Crippen LogP contribution is -2.48. The summed E-state index contributed by atoms with van der Waals surface area (Å²) in [6.45, 7) is 4.83. The van der Waals surface area contributed by atoms with Gasteiger partial charge < -0.3 is 4.74 Å². The van der Waals surface area contributed by atoms with Gasteiger partial charge in [0.25, 0.3) is 0 Å². The summed E-state index contributed by atoms with van der Waals surface area (Å²) in [7, 11) is -3.21. The van der Waals surface area contributed by atoms with E-state index in [0.717, 1.165) is 56.3 Å². The summed E-state index contributed by atoms with van der Waals surface area (Å²) in [5.41, 5.74) is 1.72. The van der Waals surface area contributed by atoms with E-state index in [9.17, 15) is 8.42 Å². The summed E-state index contributed by atoms with van der Waals surface area (Å²) in [5.74, 6) is 0. The quantitative estimate of drug-likeness (QED) is 0.832. The fourth-order valence-electron chi connectivity index (χ4n) is 3.70. The molecular formula is C17H27N3O3S. The summed E-state index contributed by atoms with van der Waals surface area (Å²) in [6, 6.07) is 2.25. The van der Waals surface area contributed by atoms with Crippen molar-refractivity contribution in [1.82, 2.24) is 14.3 Å². The largest absolute Gasteiger partial charge is 0.459 e. The first-order valence-electron chi connectivity index (χ1n) is 8.93. The average molecular weight is 353 g/mol. The van der Waals surface area contributed by atoms with Crippen molar-refractivity contribution < 1.29 is 13.2 Å². The third-order valence-electron chi connectivity index (χ3n) is 4.91. The Balaban J connectivity index is 1.67. The highest BCUT2D eigenvalue weighted by Crippen LogP contribution is 2.28.